The lowest BCUT2D eigenvalue weighted by Crippen LogP contribution is -2.21. The van der Waals surface area contributed by atoms with E-state index in [1.165, 1.54) is 6.33 Å². The number of aromatic nitrogens is 2. The fourth-order valence-electron chi connectivity index (χ4n) is 2.33. The van der Waals surface area contributed by atoms with Crippen molar-refractivity contribution < 1.29 is 9.90 Å². The van der Waals surface area contributed by atoms with E-state index in [-0.39, 0.29) is 24.1 Å². The van der Waals surface area contributed by atoms with Gasteiger partial charge in [-0.2, -0.15) is 0 Å². The van der Waals surface area contributed by atoms with Crippen LogP contribution in [0.25, 0.3) is 0 Å². The zero-order chi connectivity index (χ0) is 16.3. The first-order chi connectivity index (χ1) is 10.4. The number of nitrogens with two attached hydrogens (primary N) is 1. The van der Waals surface area contributed by atoms with Crippen molar-refractivity contribution in [1.82, 2.24) is 9.55 Å². The molecule has 2 aromatic rings. The van der Waals surface area contributed by atoms with Crippen LogP contribution in [0, 0.1) is 0 Å². The summed E-state index contributed by atoms with van der Waals surface area (Å²) in [5, 5.41) is 11.0. The molecule has 8 heteroatoms. The van der Waals surface area contributed by atoms with E-state index in [1.54, 1.807) is 23.8 Å². The molecule has 3 N–H and O–H groups in total. The Morgan fingerprint density at radius 2 is 2.13 bits per heavy atom. The first kappa shape index (κ1) is 19.8. The topological polar surface area (TPSA) is 81.1 Å². The number of benzene rings is 1. The van der Waals surface area contributed by atoms with Crippen LogP contribution in [0.4, 0.5) is 0 Å². The maximum absolute atomic E-state index is 11.1. The highest BCUT2D eigenvalue weighted by Gasteiger charge is 2.19. The van der Waals surface area contributed by atoms with Gasteiger partial charge in [-0.05, 0) is 31.4 Å². The number of rotatable bonds is 6. The van der Waals surface area contributed by atoms with E-state index < -0.39 is 12.0 Å². The number of halogens is 3. The molecule has 0 fully saturated rings. The zero-order valence-corrected chi connectivity index (χ0v) is 14.8. The number of hydrogen-bond acceptors (Lipinski definition) is 3. The highest BCUT2D eigenvalue weighted by Crippen LogP contribution is 2.28. The van der Waals surface area contributed by atoms with Crippen LogP contribution in [0.3, 0.4) is 0 Å². The minimum Gasteiger partial charge on any atom is -0.391 e. The molecule has 0 radical (unpaired) electrons. The van der Waals surface area contributed by atoms with Crippen molar-refractivity contribution in [2.24, 2.45) is 5.73 Å². The van der Waals surface area contributed by atoms with Crippen LogP contribution in [0.15, 0.2) is 30.7 Å². The Bertz CT molecular complexity index is 674. The van der Waals surface area contributed by atoms with Crippen LogP contribution in [0.2, 0.25) is 10.0 Å². The molecule has 1 aromatic carbocycles. The van der Waals surface area contributed by atoms with Gasteiger partial charge >= 0.3 is 0 Å². The summed E-state index contributed by atoms with van der Waals surface area (Å²) in [6.45, 7) is 1.69. The van der Waals surface area contributed by atoms with Gasteiger partial charge in [0.15, 0.2) is 0 Å². The molecule has 5 nitrogen and oxygen atoms in total. The second-order valence-corrected chi connectivity index (χ2v) is 5.92. The van der Waals surface area contributed by atoms with Crippen molar-refractivity contribution in [3.05, 3.63) is 52.0 Å². The first-order valence-corrected chi connectivity index (χ1v) is 7.60. The molecule has 0 spiro atoms. The molecule has 0 unspecified atom stereocenters. The van der Waals surface area contributed by atoms with Crippen molar-refractivity contribution in [1.29, 1.82) is 0 Å². The van der Waals surface area contributed by atoms with Gasteiger partial charge in [0, 0.05) is 6.20 Å². The smallest absolute Gasteiger partial charge is 0.268 e. The second-order valence-electron chi connectivity index (χ2n) is 5.13. The number of imidazole rings is 1. The van der Waals surface area contributed by atoms with Crippen molar-refractivity contribution in [3.63, 3.8) is 0 Å². The summed E-state index contributed by atoms with van der Waals surface area (Å²) in [6, 6.07) is 5.23. The summed E-state index contributed by atoms with van der Waals surface area (Å²) < 4.78 is 1.70. The van der Waals surface area contributed by atoms with Gasteiger partial charge in [-0.3, -0.25) is 4.79 Å². The van der Waals surface area contributed by atoms with Gasteiger partial charge in [0.05, 0.1) is 28.5 Å². The average molecular weight is 379 g/mol. The number of aliphatic hydroxyl groups excluding tert-OH is 1. The molecule has 2 atom stereocenters. The molecule has 0 saturated carbocycles. The molecule has 1 heterocycles. The summed E-state index contributed by atoms with van der Waals surface area (Å²) in [4.78, 5) is 15.1. The Kier molecular flexibility index (Phi) is 7.35. The van der Waals surface area contributed by atoms with Crippen LogP contribution < -0.4 is 5.73 Å². The Morgan fingerprint density at radius 1 is 1.43 bits per heavy atom. The van der Waals surface area contributed by atoms with Gasteiger partial charge in [0.2, 0.25) is 0 Å². The molecule has 0 aliphatic carbocycles. The van der Waals surface area contributed by atoms with Crippen LogP contribution in [-0.2, 0) is 6.42 Å². The lowest BCUT2D eigenvalue weighted by atomic mass is 10.0. The third-order valence-corrected chi connectivity index (χ3v) is 4.39. The summed E-state index contributed by atoms with van der Waals surface area (Å²) in [6.07, 6.45) is 3.68. The first-order valence-electron chi connectivity index (χ1n) is 6.84. The third kappa shape index (κ3) is 4.85. The fraction of sp³-hybridized carbons (Fsp3) is 0.333. The highest BCUT2D eigenvalue weighted by molar-refractivity contribution is 6.42. The van der Waals surface area contributed by atoms with Crippen LogP contribution in [-0.4, -0.2) is 26.7 Å². The number of primary amides is 1. The van der Waals surface area contributed by atoms with Gasteiger partial charge in [0.25, 0.3) is 5.91 Å². The lowest BCUT2D eigenvalue weighted by molar-refractivity contribution is 0.0994. The maximum Gasteiger partial charge on any atom is 0.268 e. The van der Waals surface area contributed by atoms with E-state index >= 15 is 0 Å². The van der Waals surface area contributed by atoms with E-state index in [0.29, 0.717) is 22.9 Å². The average Bonchev–Trinajstić information content (AvgIpc) is 2.93. The number of aliphatic hydroxyl groups is 1. The standard InChI is InChI=1S/C15H17Cl2N3O2.ClH/c1-9(21)13(20-7-12(15(18)22)19-8-20)6-5-10-3-2-4-11(16)14(10)17;/h2-4,7-9,13,21H,5-6H2,1H3,(H2,18,22);1H/t9-,13+;/m0./s1. The van der Waals surface area contributed by atoms with Crippen LogP contribution in [0.5, 0.6) is 0 Å². The summed E-state index contributed by atoms with van der Waals surface area (Å²) >= 11 is 12.2. The number of hydrogen-bond donors (Lipinski definition) is 2. The van der Waals surface area contributed by atoms with E-state index in [0.717, 1.165) is 5.56 Å². The second kappa shape index (κ2) is 8.55. The van der Waals surface area contributed by atoms with Crippen molar-refractivity contribution in [2.45, 2.75) is 31.9 Å². The molecule has 126 valence electrons. The van der Waals surface area contributed by atoms with Crippen LogP contribution in [0.1, 0.15) is 35.4 Å². The monoisotopic (exact) mass is 377 g/mol. The predicted octanol–water partition coefficient (Wildman–Crippen LogP) is 3.27. The number of aryl methyl sites for hydroxylation is 1. The minimum absolute atomic E-state index is 0. The summed E-state index contributed by atoms with van der Waals surface area (Å²) in [5.41, 5.74) is 6.28. The van der Waals surface area contributed by atoms with Gasteiger partial charge in [-0.1, -0.05) is 35.3 Å². The van der Waals surface area contributed by atoms with Gasteiger partial charge in [-0.15, -0.1) is 12.4 Å². The minimum atomic E-state index is -0.618. The lowest BCUT2D eigenvalue weighted by Gasteiger charge is -2.21. The molecule has 1 amide bonds. The Morgan fingerprint density at radius 3 is 2.70 bits per heavy atom. The number of carbonyl (C=O) groups excluding carboxylic acids is 1. The molecule has 0 bridgehead atoms. The summed E-state index contributed by atoms with van der Waals surface area (Å²) in [7, 11) is 0. The van der Waals surface area contributed by atoms with Crippen LogP contribution >= 0.6 is 35.6 Å². The van der Waals surface area contributed by atoms with E-state index in [9.17, 15) is 9.90 Å². The fourth-order valence-corrected chi connectivity index (χ4v) is 2.74. The van der Waals surface area contributed by atoms with E-state index in [2.05, 4.69) is 4.98 Å². The van der Waals surface area contributed by atoms with Gasteiger partial charge in [-0.25, -0.2) is 4.98 Å². The number of nitrogens with zero attached hydrogens (tertiary/aromatic N) is 2. The predicted molar refractivity (Wildman–Crippen MR) is 93.5 cm³/mol. The van der Waals surface area contributed by atoms with Gasteiger partial charge < -0.3 is 15.4 Å². The van der Waals surface area contributed by atoms with E-state index in [4.69, 9.17) is 28.9 Å². The Balaban J connectivity index is 0.00000264. The van der Waals surface area contributed by atoms with Crippen molar-refractivity contribution in [2.75, 3.05) is 0 Å². The molecular formula is C15H18Cl3N3O2. The SMILES string of the molecule is C[C@H](O)[C@@H](CCc1cccc(Cl)c1Cl)n1cnc(C(N)=O)c1.Cl. The molecule has 1 aromatic heterocycles. The molecule has 0 aliphatic heterocycles. The summed E-state index contributed by atoms with van der Waals surface area (Å²) in [5.74, 6) is -0.596. The number of amides is 1. The maximum atomic E-state index is 11.1. The highest BCUT2D eigenvalue weighted by atomic mass is 35.5. The van der Waals surface area contributed by atoms with E-state index in [1.807, 2.05) is 12.1 Å². The number of carbonyl (C=O) groups is 1. The largest absolute Gasteiger partial charge is 0.391 e. The molecule has 0 saturated heterocycles. The molecular weight excluding hydrogens is 361 g/mol. The Hall–Kier alpha value is -1.27. The van der Waals surface area contributed by atoms with Crippen molar-refractivity contribution >= 4 is 41.5 Å². The van der Waals surface area contributed by atoms with Gasteiger partial charge in [0.1, 0.15) is 5.69 Å². The molecule has 2 rings (SSSR count). The van der Waals surface area contributed by atoms with Crippen molar-refractivity contribution in [3.8, 4) is 0 Å². The molecule has 0 aliphatic rings. The normalized spacial score (nSPS) is 13.2. The quantitative estimate of drug-likeness (QED) is 0.809. The Labute approximate surface area is 150 Å². The zero-order valence-electron chi connectivity index (χ0n) is 12.4. The molecule has 23 heavy (non-hydrogen) atoms. The third-order valence-electron chi connectivity index (χ3n) is 3.53.